The summed E-state index contributed by atoms with van der Waals surface area (Å²) in [6, 6.07) is 9.88. The number of nitrogens with zero attached hydrogens (tertiary/aromatic N) is 2. The summed E-state index contributed by atoms with van der Waals surface area (Å²) in [5.41, 5.74) is 0.374. The van der Waals surface area contributed by atoms with Crippen molar-refractivity contribution in [2.24, 2.45) is 0 Å². The molecule has 3 rings (SSSR count). The molecule has 0 aliphatic carbocycles. The number of fused-ring (bicyclic) bond motifs is 1. The molecule has 4 nitrogen and oxygen atoms in total. The summed E-state index contributed by atoms with van der Waals surface area (Å²) in [5, 5.41) is 5.13. The van der Waals surface area contributed by atoms with E-state index < -0.39 is 0 Å². The number of carbonyl (C=O) groups excluding carboxylic acids is 1. The topological polar surface area (TPSA) is 45.2 Å². The Bertz CT molecular complexity index is 674. The van der Waals surface area contributed by atoms with Crippen LogP contribution in [-0.4, -0.2) is 42.0 Å². The predicted octanol–water partition coefficient (Wildman–Crippen LogP) is 2.71. The lowest BCUT2D eigenvalue weighted by molar-refractivity contribution is 0.0939. The van der Waals surface area contributed by atoms with Crippen LogP contribution in [0.4, 0.5) is 0 Å². The van der Waals surface area contributed by atoms with Crippen molar-refractivity contribution in [3.8, 4) is 0 Å². The zero-order valence-corrected chi connectivity index (χ0v) is 12.7. The monoisotopic (exact) mass is 303 g/mol. The molecule has 110 valence electrons. The fourth-order valence-corrected chi connectivity index (χ4v) is 3.07. The van der Waals surface area contributed by atoms with Crippen LogP contribution in [0.25, 0.3) is 10.8 Å². The third kappa shape index (κ3) is 3.01. The van der Waals surface area contributed by atoms with E-state index in [1.807, 2.05) is 24.3 Å². The quantitative estimate of drug-likeness (QED) is 0.887. The molecule has 0 saturated carbocycles. The number of benzene rings is 1. The Morgan fingerprint density at radius 1 is 1.48 bits per heavy atom. The molecule has 1 fully saturated rings. The van der Waals surface area contributed by atoms with Crippen LogP contribution < -0.4 is 5.32 Å². The molecule has 0 spiro atoms. The Kier molecular flexibility index (Phi) is 4.08. The standard InChI is InChI=1S/C16H18ClN3O/c1-20-8-4-6-12(20)10-18-16(21)14-9-11-5-2-3-7-13(11)15(17)19-14/h2-3,5,7,9,12H,4,6,8,10H2,1H3,(H,18,21). The largest absolute Gasteiger partial charge is 0.349 e. The lowest BCUT2D eigenvalue weighted by atomic mass is 10.1. The number of likely N-dealkylation sites (N-methyl/N-ethyl adjacent to an activating group) is 1. The van der Waals surface area contributed by atoms with Crippen molar-refractivity contribution in [3.05, 3.63) is 41.2 Å². The van der Waals surface area contributed by atoms with E-state index in [1.165, 1.54) is 6.42 Å². The van der Waals surface area contributed by atoms with E-state index in [2.05, 4.69) is 22.2 Å². The summed E-state index contributed by atoms with van der Waals surface area (Å²) in [6.07, 6.45) is 2.32. The van der Waals surface area contributed by atoms with Gasteiger partial charge < -0.3 is 10.2 Å². The van der Waals surface area contributed by atoms with Gasteiger partial charge >= 0.3 is 0 Å². The molecule has 1 N–H and O–H groups in total. The van der Waals surface area contributed by atoms with E-state index in [0.29, 0.717) is 23.4 Å². The lowest BCUT2D eigenvalue weighted by Crippen LogP contribution is -2.38. The van der Waals surface area contributed by atoms with Crippen LogP contribution in [0.15, 0.2) is 30.3 Å². The summed E-state index contributed by atoms with van der Waals surface area (Å²) in [4.78, 5) is 18.7. The maximum atomic E-state index is 12.3. The second kappa shape index (κ2) is 6.00. The van der Waals surface area contributed by atoms with Gasteiger partial charge in [0.15, 0.2) is 0 Å². The third-order valence-corrected chi connectivity index (χ3v) is 4.38. The number of nitrogens with one attached hydrogen (secondary N) is 1. The molecule has 1 amide bonds. The smallest absolute Gasteiger partial charge is 0.270 e. The Morgan fingerprint density at radius 2 is 2.29 bits per heavy atom. The van der Waals surface area contributed by atoms with Gasteiger partial charge in [-0.05, 0) is 37.9 Å². The lowest BCUT2D eigenvalue weighted by Gasteiger charge is -2.19. The van der Waals surface area contributed by atoms with Crippen LogP contribution in [0.1, 0.15) is 23.3 Å². The van der Waals surface area contributed by atoms with Gasteiger partial charge in [-0.2, -0.15) is 0 Å². The van der Waals surface area contributed by atoms with E-state index in [-0.39, 0.29) is 5.91 Å². The highest BCUT2D eigenvalue weighted by molar-refractivity contribution is 6.34. The average Bonchev–Trinajstić information content (AvgIpc) is 2.90. The van der Waals surface area contributed by atoms with Crippen molar-refractivity contribution in [3.63, 3.8) is 0 Å². The zero-order chi connectivity index (χ0) is 14.8. The van der Waals surface area contributed by atoms with Crippen LogP contribution in [0.5, 0.6) is 0 Å². The number of amides is 1. The highest BCUT2D eigenvalue weighted by Gasteiger charge is 2.21. The number of pyridine rings is 1. The Hall–Kier alpha value is -1.65. The first-order valence-corrected chi connectivity index (χ1v) is 7.56. The van der Waals surface area contributed by atoms with Crippen molar-refractivity contribution >= 4 is 28.3 Å². The minimum atomic E-state index is -0.164. The van der Waals surface area contributed by atoms with Crippen molar-refractivity contribution in [1.29, 1.82) is 0 Å². The summed E-state index contributed by atoms with van der Waals surface area (Å²) in [5.74, 6) is -0.164. The number of rotatable bonds is 3. The summed E-state index contributed by atoms with van der Waals surface area (Å²) < 4.78 is 0. The summed E-state index contributed by atoms with van der Waals surface area (Å²) in [6.45, 7) is 1.75. The first kappa shape index (κ1) is 14.3. The summed E-state index contributed by atoms with van der Waals surface area (Å²) in [7, 11) is 2.09. The van der Waals surface area contributed by atoms with Gasteiger partial charge in [-0.25, -0.2) is 4.98 Å². The maximum absolute atomic E-state index is 12.3. The van der Waals surface area contributed by atoms with E-state index in [9.17, 15) is 4.79 Å². The van der Waals surface area contributed by atoms with Crippen LogP contribution >= 0.6 is 11.6 Å². The van der Waals surface area contributed by atoms with Crippen molar-refractivity contribution in [2.45, 2.75) is 18.9 Å². The molecule has 21 heavy (non-hydrogen) atoms. The van der Waals surface area contributed by atoms with Crippen LogP contribution in [0, 0.1) is 0 Å². The molecule has 1 aliphatic rings. The number of halogens is 1. The van der Waals surface area contributed by atoms with Crippen LogP contribution in [0.3, 0.4) is 0 Å². The van der Waals surface area contributed by atoms with Gasteiger partial charge in [0.05, 0.1) is 0 Å². The minimum absolute atomic E-state index is 0.164. The maximum Gasteiger partial charge on any atom is 0.270 e. The van der Waals surface area contributed by atoms with Gasteiger partial charge in [-0.1, -0.05) is 35.9 Å². The molecule has 1 aliphatic heterocycles. The molecule has 0 radical (unpaired) electrons. The Balaban J connectivity index is 1.75. The fourth-order valence-electron chi connectivity index (χ4n) is 2.81. The first-order chi connectivity index (χ1) is 10.1. The molecule has 2 heterocycles. The molecule has 0 bridgehead atoms. The predicted molar refractivity (Wildman–Crippen MR) is 84.7 cm³/mol. The van der Waals surface area contributed by atoms with Gasteiger partial charge in [0.25, 0.3) is 5.91 Å². The highest BCUT2D eigenvalue weighted by Crippen LogP contribution is 2.22. The van der Waals surface area contributed by atoms with Gasteiger partial charge in [0, 0.05) is 18.0 Å². The van der Waals surface area contributed by atoms with Crippen molar-refractivity contribution in [2.75, 3.05) is 20.1 Å². The van der Waals surface area contributed by atoms with E-state index in [0.717, 1.165) is 23.7 Å². The zero-order valence-electron chi connectivity index (χ0n) is 12.0. The summed E-state index contributed by atoms with van der Waals surface area (Å²) >= 11 is 6.16. The SMILES string of the molecule is CN1CCCC1CNC(=O)c1cc2ccccc2c(Cl)n1. The minimum Gasteiger partial charge on any atom is -0.349 e. The molecule has 1 unspecified atom stereocenters. The van der Waals surface area contributed by atoms with Crippen LogP contribution in [0.2, 0.25) is 5.15 Å². The molecular weight excluding hydrogens is 286 g/mol. The molecule has 1 saturated heterocycles. The average molecular weight is 304 g/mol. The molecular formula is C16H18ClN3O. The number of hydrogen-bond acceptors (Lipinski definition) is 3. The van der Waals surface area contributed by atoms with Gasteiger partial charge in [0.1, 0.15) is 10.8 Å². The normalized spacial score (nSPS) is 19.0. The molecule has 1 aromatic carbocycles. The Morgan fingerprint density at radius 3 is 3.05 bits per heavy atom. The third-order valence-electron chi connectivity index (χ3n) is 4.10. The van der Waals surface area contributed by atoms with E-state index in [4.69, 9.17) is 11.6 Å². The molecule has 5 heteroatoms. The van der Waals surface area contributed by atoms with Crippen molar-refractivity contribution in [1.82, 2.24) is 15.2 Å². The second-order valence-electron chi connectivity index (χ2n) is 5.51. The highest BCUT2D eigenvalue weighted by atomic mass is 35.5. The van der Waals surface area contributed by atoms with Gasteiger partial charge in [0.2, 0.25) is 0 Å². The number of likely N-dealkylation sites (tertiary alicyclic amines) is 1. The molecule has 1 aromatic heterocycles. The number of carbonyl (C=O) groups is 1. The van der Waals surface area contributed by atoms with Crippen molar-refractivity contribution < 1.29 is 4.79 Å². The second-order valence-corrected chi connectivity index (χ2v) is 5.86. The number of aromatic nitrogens is 1. The molecule has 2 aromatic rings. The van der Waals surface area contributed by atoms with Gasteiger partial charge in [-0.15, -0.1) is 0 Å². The van der Waals surface area contributed by atoms with Gasteiger partial charge in [-0.3, -0.25) is 4.79 Å². The number of hydrogen-bond donors (Lipinski definition) is 1. The van der Waals surface area contributed by atoms with E-state index in [1.54, 1.807) is 6.07 Å². The van der Waals surface area contributed by atoms with Crippen LogP contribution in [-0.2, 0) is 0 Å². The fraction of sp³-hybridized carbons (Fsp3) is 0.375. The molecule has 1 atom stereocenters. The Labute approximate surface area is 129 Å². The van der Waals surface area contributed by atoms with E-state index >= 15 is 0 Å². The first-order valence-electron chi connectivity index (χ1n) is 7.19.